The first-order valence-electron chi connectivity index (χ1n) is 11.7. The lowest BCUT2D eigenvalue weighted by molar-refractivity contribution is -0.137. The van der Waals surface area contributed by atoms with E-state index in [0.717, 1.165) is 24.3 Å². The van der Waals surface area contributed by atoms with Crippen molar-refractivity contribution in [3.8, 4) is 5.75 Å². The van der Waals surface area contributed by atoms with E-state index in [0.29, 0.717) is 12.1 Å². The van der Waals surface area contributed by atoms with Crippen LogP contribution in [0.5, 0.6) is 5.75 Å². The van der Waals surface area contributed by atoms with E-state index in [9.17, 15) is 39.2 Å². The number of nitrogens with two attached hydrogens (primary N) is 1. The first kappa shape index (κ1) is 27.8. The highest BCUT2D eigenvalue weighted by Crippen LogP contribution is 2.77. The second-order valence-electron chi connectivity index (χ2n) is 10.0. The predicted octanol–water partition coefficient (Wildman–Crippen LogP) is 2.88. The number of halogens is 5. The molecule has 5 rings (SSSR count). The summed E-state index contributed by atoms with van der Waals surface area (Å²) in [5.41, 5.74) is 0.197. The summed E-state index contributed by atoms with van der Waals surface area (Å²) in [5.74, 6) is -5.44. The van der Waals surface area contributed by atoms with Crippen molar-refractivity contribution in [3.05, 3.63) is 59.2 Å². The van der Waals surface area contributed by atoms with Crippen LogP contribution in [0.1, 0.15) is 30.4 Å². The highest BCUT2D eigenvalue weighted by Gasteiger charge is 2.85. The maximum Gasteiger partial charge on any atom is 0.416 e. The predicted molar refractivity (Wildman–Crippen MR) is 125 cm³/mol. The molecule has 3 unspecified atom stereocenters. The van der Waals surface area contributed by atoms with Crippen LogP contribution in [-0.2, 0) is 40.1 Å². The van der Waals surface area contributed by atoms with Gasteiger partial charge in [-0.2, -0.15) is 13.2 Å². The molecule has 1 aliphatic carbocycles. The highest BCUT2D eigenvalue weighted by molar-refractivity contribution is 7.92. The molecular formula is C24H22F5NO7S2. The second-order valence-corrected chi connectivity index (χ2v) is 14.4. The fourth-order valence-electron chi connectivity index (χ4n) is 6.24. The number of hydrogen-bond acceptors (Lipinski definition) is 7. The van der Waals surface area contributed by atoms with Crippen molar-refractivity contribution in [2.24, 2.45) is 11.1 Å². The largest absolute Gasteiger partial charge is 0.489 e. The van der Waals surface area contributed by atoms with Crippen LogP contribution in [0, 0.1) is 17.0 Å². The highest BCUT2D eigenvalue weighted by atomic mass is 32.2. The van der Waals surface area contributed by atoms with Crippen molar-refractivity contribution in [1.82, 2.24) is 0 Å². The van der Waals surface area contributed by atoms with E-state index in [1.54, 1.807) is 0 Å². The van der Waals surface area contributed by atoms with Crippen LogP contribution in [0.25, 0.3) is 0 Å². The zero-order valence-corrected chi connectivity index (χ0v) is 21.7. The van der Waals surface area contributed by atoms with Crippen LogP contribution in [-0.4, -0.2) is 53.1 Å². The molecule has 3 atom stereocenters. The quantitative estimate of drug-likeness (QED) is 0.488. The molecule has 2 aromatic rings. The van der Waals surface area contributed by atoms with Crippen molar-refractivity contribution in [3.63, 3.8) is 0 Å². The Morgan fingerprint density at radius 3 is 2.26 bits per heavy atom. The Bertz CT molecular complexity index is 1580. The number of amides is 1. The van der Waals surface area contributed by atoms with Gasteiger partial charge in [-0.3, -0.25) is 4.79 Å². The van der Waals surface area contributed by atoms with Crippen molar-refractivity contribution in [1.29, 1.82) is 0 Å². The minimum absolute atomic E-state index is 0.124. The fourth-order valence-corrected chi connectivity index (χ4v) is 10.00. The van der Waals surface area contributed by atoms with Gasteiger partial charge in [0.05, 0.1) is 39.4 Å². The number of fused-ring (bicyclic) bond motifs is 2. The molecule has 15 heteroatoms. The van der Waals surface area contributed by atoms with Crippen LogP contribution in [0.3, 0.4) is 0 Å². The average Bonchev–Trinajstić information content (AvgIpc) is 3.51. The average molecular weight is 596 g/mol. The molecule has 2 aliphatic heterocycles. The Morgan fingerprint density at radius 1 is 1.00 bits per heavy atom. The number of ether oxygens (including phenoxy) is 2. The number of rotatable bonds is 7. The van der Waals surface area contributed by atoms with E-state index in [2.05, 4.69) is 0 Å². The number of carbonyl (C=O) groups excluding carboxylic acids is 1. The molecule has 2 fully saturated rings. The standard InChI is InChI=1S/C24H22F5NO7S2/c25-16-5-6-17(26)20-19(16)23(39(34,35)15-3-1-14(2-4-15)24(27,28)29)7-9-37-22(12-21(22,23)13-36-20)8-10-38(32,33)11-18(30)31/h1-6H,7-13H2,(H2,30,31). The van der Waals surface area contributed by atoms with Crippen LogP contribution < -0.4 is 10.5 Å². The number of benzene rings is 2. The third-order valence-corrected chi connectivity index (χ3v) is 12.2. The molecular weight excluding hydrogens is 573 g/mol. The summed E-state index contributed by atoms with van der Waals surface area (Å²) in [6, 6.07) is 4.16. The van der Waals surface area contributed by atoms with Gasteiger partial charge in [0.1, 0.15) is 16.3 Å². The molecule has 0 radical (unpaired) electrons. The third kappa shape index (κ3) is 3.95. The molecule has 1 saturated carbocycles. The summed E-state index contributed by atoms with van der Waals surface area (Å²) in [6.45, 7) is -0.803. The summed E-state index contributed by atoms with van der Waals surface area (Å²) >= 11 is 0. The van der Waals surface area contributed by atoms with Gasteiger partial charge in [-0.15, -0.1) is 0 Å². The zero-order valence-electron chi connectivity index (χ0n) is 20.1. The monoisotopic (exact) mass is 595 g/mol. The zero-order chi connectivity index (χ0) is 28.6. The summed E-state index contributed by atoms with van der Waals surface area (Å²) in [4.78, 5) is 10.6. The van der Waals surface area contributed by atoms with Crippen molar-refractivity contribution in [2.45, 2.75) is 40.7 Å². The summed E-state index contributed by atoms with van der Waals surface area (Å²) in [7, 11) is -8.80. The molecule has 2 heterocycles. The second kappa shape index (κ2) is 8.61. The molecule has 0 bridgehead atoms. The van der Waals surface area contributed by atoms with Gasteiger partial charge in [0.15, 0.2) is 31.2 Å². The van der Waals surface area contributed by atoms with E-state index in [-0.39, 0.29) is 19.4 Å². The number of sulfone groups is 2. The molecule has 0 aromatic heterocycles. The Kier molecular flexibility index (Phi) is 6.13. The summed E-state index contributed by atoms with van der Waals surface area (Å²) in [5, 5.41) is 0. The molecule has 1 saturated heterocycles. The molecule has 2 aromatic carbocycles. The van der Waals surface area contributed by atoms with E-state index >= 15 is 4.39 Å². The number of hydrogen-bond donors (Lipinski definition) is 1. The van der Waals surface area contributed by atoms with Gasteiger partial charge >= 0.3 is 6.18 Å². The van der Waals surface area contributed by atoms with Crippen LogP contribution in [0.4, 0.5) is 22.0 Å². The minimum atomic E-state index is -4.78. The SMILES string of the molecule is NC(=O)CS(=O)(=O)CCC12CC13COc1c(F)ccc(F)c1C3(S(=O)(=O)c1ccc(C(F)(F)F)cc1)CCO2. The van der Waals surface area contributed by atoms with Crippen LogP contribution >= 0.6 is 0 Å². The first-order chi connectivity index (χ1) is 18.0. The molecule has 3 aliphatic rings. The van der Waals surface area contributed by atoms with Crippen LogP contribution in [0.2, 0.25) is 0 Å². The summed E-state index contributed by atoms with van der Waals surface area (Å²) < 4.78 is 133. The number of alkyl halides is 3. The van der Waals surface area contributed by atoms with Gasteiger partial charge in [-0.05, 0) is 55.7 Å². The lowest BCUT2D eigenvalue weighted by Gasteiger charge is -2.50. The van der Waals surface area contributed by atoms with E-state index < -0.39 is 105 Å². The van der Waals surface area contributed by atoms with Crippen molar-refractivity contribution < 1.29 is 53.1 Å². The van der Waals surface area contributed by atoms with E-state index in [4.69, 9.17) is 15.2 Å². The minimum Gasteiger partial charge on any atom is -0.489 e. The van der Waals surface area contributed by atoms with Gasteiger partial charge in [0.25, 0.3) is 0 Å². The smallest absolute Gasteiger partial charge is 0.416 e. The van der Waals surface area contributed by atoms with Gasteiger partial charge < -0.3 is 15.2 Å². The van der Waals surface area contributed by atoms with Crippen molar-refractivity contribution in [2.75, 3.05) is 24.7 Å². The molecule has 39 heavy (non-hydrogen) atoms. The summed E-state index contributed by atoms with van der Waals surface area (Å²) in [6.07, 6.45) is -5.57. The third-order valence-electron chi connectivity index (χ3n) is 8.00. The van der Waals surface area contributed by atoms with E-state index in [1.165, 1.54) is 0 Å². The maximum atomic E-state index is 15.5. The lowest BCUT2D eigenvalue weighted by Crippen LogP contribution is -2.58. The van der Waals surface area contributed by atoms with Gasteiger partial charge in [-0.25, -0.2) is 25.6 Å². The van der Waals surface area contributed by atoms with Gasteiger partial charge in [0, 0.05) is 6.61 Å². The normalized spacial score (nSPS) is 28.0. The van der Waals surface area contributed by atoms with Crippen molar-refractivity contribution >= 4 is 25.6 Å². The fraction of sp³-hybridized carbons (Fsp3) is 0.458. The molecule has 212 valence electrons. The Hall–Kier alpha value is -2.78. The molecule has 1 spiro atoms. The molecule has 2 N–H and O–H groups in total. The molecule has 1 amide bonds. The van der Waals surface area contributed by atoms with Crippen LogP contribution in [0.15, 0.2) is 41.3 Å². The Morgan fingerprint density at radius 2 is 1.64 bits per heavy atom. The number of carbonyl (C=O) groups is 1. The first-order valence-corrected chi connectivity index (χ1v) is 15.0. The molecule has 8 nitrogen and oxygen atoms in total. The lowest BCUT2D eigenvalue weighted by atomic mass is 9.74. The number of primary amides is 1. The Balaban J connectivity index is 1.68. The van der Waals surface area contributed by atoms with E-state index in [1.807, 2.05) is 0 Å². The Labute approximate surface area is 220 Å². The van der Waals surface area contributed by atoms with Gasteiger partial charge in [-0.1, -0.05) is 0 Å². The van der Waals surface area contributed by atoms with Gasteiger partial charge in [0.2, 0.25) is 5.91 Å². The topological polar surface area (TPSA) is 130 Å². The maximum absolute atomic E-state index is 15.5.